The van der Waals surface area contributed by atoms with Crippen LogP contribution in [-0.4, -0.2) is 20.1 Å². The highest BCUT2D eigenvalue weighted by Gasteiger charge is 2.20. The summed E-state index contributed by atoms with van der Waals surface area (Å²) < 4.78 is 32.4. The SMILES string of the molecule is O=C(NS(=O)(=O)CCCCCC1CC1)c1ccc(COCc2ccc(-c3ccccc3)cc2)cc1. The van der Waals surface area contributed by atoms with E-state index in [0.717, 1.165) is 29.9 Å². The Morgan fingerprint density at radius 1 is 0.771 bits per heavy atom. The van der Waals surface area contributed by atoms with Gasteiger partial charge in [-0.15, -0.1) is 0 Å². The van der Waals surface area contributed by atoms with Crippen LogP contribution < -0.4 is 4.72 Å². The summed E-state index contributed by atoms with van der Waals surface area (Å²) in [7, 11) is -3.61. The minimum Gasteiger partial charge on any atom is -0.372 e. The van der Waals surface area contributed by atoms with Gasteiger partial charge in [-0.25, -0.2) is 13.1 Å². The minimum absolute atomic E-state index is 0.0122. The average Bonchev–Trinajstić information content (AvgIpc) is 3.69. The molecule has 35 heavy (non-hydrogen) atoms. The van der Waals surface area contributed by atoms with Crippen molar-refractivity contribution in [2.24, 2.45) is 5.92 Å². The topological polar surface area (TPSA) is 72.5 Å². The Balaban J connectivity index is 1.18. The van der Waals surface area contributed by atoms with Crippen molar-refractivity contribution in [3.8, 4) is 11.1 Å². The van der Waals surface area contributed by atoms with E-state index in [2.05, 4.69) is 41.1 Å². The number of nitrogens with one attached hydrogen (secondary N) is 1. The molecule has 1 fully saturated rings. The van der Waals surface area contributed by atoms with Crippen LogP contribution in [0.4, 0.5) is 0 Å². The van der Waals surface area contributed by atoms with E-state index in [1.54, 1.807) is 24.3 Å². The van der Waals surface area contributed by atoms with E-state index in [4.69, 9.17) is 4.74 Å². The van der Waals surface area contributed by atoms with Gasteiger partial charge in [0.2, 0.25) is 10.0 Å². The highest BCUT2D eigenvalue weighted by molar-refractivity contribution is 7.90. The summed E-state index contributed by atoms with van der Waals surface area (Å²) in [5.74, 6) is 0.266. The monoisotopic (exact) mass is 491 g/mol. The van der Waals surface area contributed by atoms with E-state index < -0.39 is 15.9 Å². The molecular weight excluding hydrogens is 458 g/mol. The molecule has 5 nitrogen and oxygen atoms in total. The molecule has 0 saturated heterocycles. The molecule has 0 unspecified atom stereocenters. The second-order valence-electron chi connectivity index (χ2n) is 9.30. The summed E-state index contributed by atoms with van der Waals surface area (Å²) in [4.78, 5) is 12.4. The highest BCUT2D eigenvalue weighted by Crippen LogP contribution is 2.34. The molecule has 1 aliphatic carbocycles. The Morgan fingerprint density at radius 2 is 1.37 bits per heavy atom. The number of amides is 1. The third-order valence-electron chi connectivity index (χ3n) is 6.29. The predicted octanol–water partition coefficient (Wildman–Crippen LogP) is 6.10. The number of unbranched alkanes of at least 4 members (excludes halogenated alkanes) is 2. The summed E-state index contributed by atoms with van der Waals surface area (Å²) in [6.07, 6.45) is 6.38. The van der Waals surface area contributed by atoms with E-state index in [0.29, 0.717) is 25.2 Å². The lowest BCUT2D eigenvalue weighted by molar-refractivity contribution is 0.0980. The van der Waals surface area contributed by atoms with Crippen molar-refractivity contribution in [3.63, 3.8) is 0 Å². The zero-order valence-corrected chi connectivity index (χ0v) is 20.8. The molecule has 6 heteroatoms. The van der Waals surface area contributed by atoms with Crippen LogP contribution in [-0.2, 0) is 28.0 Å². The third-order valence-corrected chi connectivity index (χ3v) is 7.61. The molecule has 1 aliphatic rings. The average molecular weight is 492 g/mol. The van der Waals surface area contributed by atoms with Crippen molar-refractivity contribution < 1.29 is 17.9 Å². The molecule has 1 saturated carbocycles. The zero-order chi connectivity index (χ0) is 24.5. The number of benzene rings is 3. The molecule has 0 spiro atoms. The Labute approximate surface area is 208 Å². The maximum absolute atomic E-state index is 12.4. The summed E-state index contributed by atoms with van der Waals surface area (Å²) in [5.41, 5.74) is 4.67. The molecule has 0 radical (unpaired) electrons. The number of hydrogen-bond donors (Lipinski definition) is 1. The van der Waals surface area contributed by atoms with Crippen LogP contribution in [0.2, 0.25) is 0 Å². The summed E-state index contributed by atoms with van der Waals surface area (Å²) in [6.45, 7) is 0.887. The van der Waals surface area contributed by atoms with E-state index in [-0.39, 0.29) is 5.75 Å². The zero-order valence-electron chi connectivity index (χ0n) is 20.0. The van der Waals surface area contributed by atoms with Gasteiger partial charge in [-0.3, -0.25) is 4.79 Å². The van der Waals surface area contributed by atoms with Gasteiger partial charge in [0.05, 0.1) is 19.0 Å². The number of rotatable bonds is 13. The molecular formula is C29H33NO4S. The molecule has 0 aliphatic heterocycles. The molecule has 1 N–H and O–H groups in total. The molecule has 4 rings (SSSR count). The minimum atomic E-state index is -3.61. The number of carbonyl (C=O) groups excluding carboxylic acids is 1. The van der Waals surface area contributed by atoms with Crippen molar-refractivity contribution in [2.45, 2.75) is 51.7 Å². The van der Waals surface area contributed by atoms with Crippen molar-refractivity contribution in [3.05, 3.63) is 95.6 Å². The maximum Gasteiger partial charge on any atom is 0.264 e. The number of sulfonamides is 1. The fourth-order valence-electron chi connectivity index (χ4n) is 4.02. The van der Waals surface area contributed by atoms with Gasteiger partial charge in [0.25, 0.3) is 5.91 Å². The first-order valence-corrected chi connectivity index (χ1v) is 14.0. The first-order valence-electron chi connectivity index (χ1n) is 12.3. The highest BCUT2D eigenvalue weighted by atomic mass is 32.2. The summed E-state index contributed by atoms with van der Waals surface area (Å²) >= 11 is 0. The van der Waals surface area contributed by atoms with Crippen molar-refractivity contribution >= 4 is 15.9 Å². The molecule has 1 amide bonds. The first kappa shape index (κ1) is 25.1. The smallest absolute Gasteiger partial charge is 0.264 e. The maximum atomic E-state index is 12.4. The Hall–Kier alpha value is -2.96. The van der Waals surface area contributed by atoms with E-state index >= 15 is 0 Å². The molecule has 3 aromatic carbocycles. The van der Waals surface area contributed by atoms with Gasteiger partial charge >= 0.3 is 0 Å². The lowest BCUT2D eigenvalue weighted by Gasteiger charge is -2.09. The van der Waals surface area contributed by atoms with Gasteiger partial charge in [-0.2, -0.15) is 0 Å². The number of hydrogen-bond acceptors (Lipinski definition) is 4. The summed E-state index contributed by atoms with van der Waals surface area (Å²) in [6, 6.07) is 25.4. The molecule has 3 aromatic rings. The second kappa shape index (κ2) is 12.1. The van der Waals surface area contributed by atoms with E-state index in [1.807, 2.05) is 18.2 Å². The van der Waals surface area contributed by atoms with Crippen LogP contribution in [0.5, 0.6) is 0 Å². The van der Waals surface area contributed by atoms with Gasteiger partial charge in [-0.1, -0.05) is 98.8 Å². The van der Waals surface area contributed by atoms with Crippen LogP contribution in [0.1, 0.15) is 60.0 Å². The van der Waals surface area contributed by atoms with Gasteiger partial charge in [0.15, 0.2) is 0 Å². The first-order chi connectivity index (χ1) is 17.0. The van der Waals surface area contributed by atoms with Crippen LogP contribution >= 0.6 is 0 Å². The van der Waals surface area contributed by atoms with Crippen molar-refractivity contribution in [1.29, 1.82) is 0 Å². The lowest BCUT2D eigenvalue weighted by atomic mass is 10.0. The number of ether oxygens (including phenoxy) is 1. The summed E-state index contributed by atoms with van der Waals surface area (Å²) in [5, 5.41) is 0. The normalized spacial score (nSPS) is 13.5. The quantitative estimate of drug-likeness (QED) is 0.293. The van der Waals surface area contributed by atoms with Gasteiger partial charge in [-0.05, 0) is 46.7 Å². The Kier molecular flexibility index (Phi) is 8.72. The third kappa shape index (κ3) is 8.34. The van der Waals surface area contributed by atoms with Crippen molar-refractivity contribution in [2.75, 3.05) is 5.75 Å². The lowest BCUT2D eigenvalue weighted by Crippen LogP contribution is -2.32. The van der Waals surface area contributed by atoms with Crippen LogP contribution in [0.15, 0.2) is 78.9 Å². The van der Waals surface area contributed by atoms with Crippen LogP contribution in [0.3, 0.4) is 0 Å². The Bertz CT molecular complexity index is 1190. The van der Waals surface area contributed by atoms with Gasteiger partial charge in [0, 0.05) is 5.56 Å². The van der Waals surface area contributed by atoms with Gasteiger partial charge in [0.1, 0.15) is 0 Å². The largest absolute Gasteiger partial charge is 0.372 e. The molecule has 0 bridgehead atoms. The van der Waals surface area contributed by atoms with E-state index in [9.17, 15) is 13.2 Å². The molecule has 0 aromatic heterocycles. The fraction of sp³-hybridized carbons (Fsp3) is 0.345. The second-order valence-corrected chi connectivity index (χ2v) is 11.1. The molecule has 0 atom stereocenters. The standard InChI is InChI=1S/C29H33NO4S/c31-29(30-35(32,33)20-6-2-3-7-23-10-11-23)28-18-14-25(15-19-28)22-34-21-24-12-16-27(17-13-24)26-8-4-1-5-9-26/h1,4-5,8-9,12-19,23H,2-3,6-7,10-11,20-22H2,(H,30,31). The molecule has 0 heterocycles. The number of carbonyl (C=O) groups is 1. The van der Waals surface area contributed by atoms with Crippen LogP contribution in [0.25, 0.3) is 11.1 Å². The van der Waals surface area contributed by atoms with Crippen LogP contribution in [0, 0.1) is 5.92 Å². The van der Waals surface area contributed by atoms with Gasteiger partial charge < -0.3 is 4.74 Å². The fourth-order valence-corrected chi connectivity index (χ4v) is 5.11. The van der Waals surface area contributed by atoms with Crippen molar-refractivity contribution in [1.82, 2.24) is 4.72 Å². The van der Waals surface area contributed by atoms with E-state index in [1.165, 1.54) is 30.4 Å². The predicted molar refractivity (Wildman–Crippen MR) is 139 cm³/mol. The Morgan fingerprint density at radius 3 is 2.00 bits per heavy atom. The molecule has 184 valence electrons.